The molecule has 1 atom stereocenters. The highest BCUT2D eigenvalue weighted by atomic mass is 16.5. The van der Waals surface area contributed by atoms with Gasteiger partial charge in [-0.25, -0.2) is 0 Å². The van der Waals surface area contributed by atoms with Gasteiger partial charge in [0.15, 0.2) is 5.78 Å². The van der Waals surface area contributed by atoms with E-state index in [1.165, 1.54) is 0 Å². The Morgan fingerprint density at radius 2 is 2.06 bits per heavy atom. The SMILES string of the molecule is CC1(C)CC(=O)C2=C(O)c3ccccc3OC2C1. The Morgan fingerprint density at radius 3 is 2.83 bits per heavy atom. The van der Waals surface area contributed by atoms with Gasteiger partial charge in [0.2, 0.25) is 0 Å². The van der Waals surface area contributed by atoms with Crippen LogP contribution < -0.4 is 4.74 Å². The predicted molar refractivity (Wildman–Crippen MR) is 68.4 cm³/mol. The summed E-state index contributed by atoms with van der Waals surface area (Å²) in [4.78, 5) is 12.2. The van der Waals surface area contributed by atoms with Gasteiger partial charge >= 0.3 is 0 Å². The molecule has 94 valence electrons. The molecule has 0 saturated heterocycles. The Kier molecular flexibility index (Phi) is 2.27. The number of hydrogen-bond acceptors (Lipinski definition) is 3. The van der Waals surface area contributed by atoms with E-state index < -0.39 is 0 Å². The average Bonchev–Trinajstić information content (AvgIpc) is 2.26. The Balaban J connectivity index is 2.13. The first-order chi connectivity index (χ1) is 8.48. The van der Waals surface area contributed by atoms with Crippen LogP contribution in [0, 0.1) is 5.41 Å². The zero-order valence-corrected chi connectivity index (χ0v) is 10.6. The van der Waals surface area contributed by atoms with Crippen LogP contribution in [0.4, 0.5) is 0 Å². The van der Waals surface area contributed by atoms with Crippen molar-refractivity contribution >= 4 is 11.5 Å². The molecule has 2 aliphatic rings. The van der Waals surface area contributed by atoms with Crippen LogP contribution in [0.25, 0.3) is 5.76 Å². The van der Waals surface area contributed by atoms with Gasteiger partial charge in [-0.3, -0.25) is 4.79 Å². The third-order valence-electron chi connectivity index (χ3n) is 3.67. The molecule has 3 nitrogen and oxygen atoms in total. The topological polar surface area (TPSA) is 46.5 Å². The van der Waals surface area contributed by atoms with E-state index in [1.54, 1.807) is 6.07 Å². The van der Waals surface area contributed by atoms with Gasteiger partial charge in [0.1, 0.15) is 17.6 Å². The monoisotopic (exact) mass is 244 g/mol. The Morgan fingerprint density at radius 1 is 1.33 bits per heavy atom. The van der Waals surface area contributed by atoms with E-state index in [0.717, 1.165) is 6.42 Å². The van der Waals surface area contributed by atoms with Crippen LogP contribution in [-0.2, 0) is 4.79 Å². The second-order valence-electron chi connectivity index (χ2n) is 5.83. The van der Waals surface area contributed by atoms with Crippen LogP contribution in [0.2, 0.25) is 0 Å². The molecule has 0 amide bonds. The molecule has 0 radical (unpaired) electrons. The van der Waals surface area contributed by atoms with E-state index in [2.05, 4.69) is 13.8 Å². The summed E-state index contributed by atoms with van der Waals surface area (Å²) in [6, 6.07) is 7.30. The molecular weight excluding hydrogens is 228 g/mol. The zero-order valence-electron chi connectivity index (χ0n) is 10.6. The highest BCUT2D eigenvalue weighted by Crippen LogP contribution is 2.44. The van der Waals surface area contributed by atoms with Crippen LogP contribution in [0.1, 0.15) is 32.3 Å². The van der Waals surface area contributed by atoms with Gasteiger partial charge in [0.05, 0.1) is 11.1 Å². The second kappa shape index (κ2) is 3.61. The lowest BCUT2D eigenvalue weighted by Crippen LogP contribution is -2.40. The van der Waals surface area contributed by atoms with Gasteiger partial charge in [0.25, 0.3) is 0 Å². The number of ether oxygens (including phenoxy) is 1. The molecule has 1 aliphatic carbocycles. The van der Waals surface area contributed by atoms with E-state index >= 15 is 0 Å². The van der Waals surface area contributed by atoms with Crippen LogP contribution >= 0.6 is 0 Å². The third kappa shape index (κ3) is 1.62. The minimum absolute atomic E-state index is 0.00301. The van der Waals surface area contributed by atoms with Crippen molar-refractivity contribution in [1.82, 2.24) is 0 Å². The number of para-hydroxylation sites is 1. The predicted octanol–water partition coefficient (Wildman–Crippen LogP) is 3.11. The van der Waals surface area contributed by atoms with Crippen molar-refractivity contribution in [2.45, 2.75) is 32.8 Å². The molecule has 1 unspecified atom stereocenters. The fraction of sp³-hybridized carbons (Fsp3) is 0.400. The molecule has 1 aromatic carbocycles. The first-order valence-electron chi connectivity index (χ1n) is 6.20. The summed E-state index contributed by atoms with van der Waals surface area (Å²) in [5, 5.41) is 10.3. The van der Waals surface area contributed by atoms with Crippen LogP contribution in [0.3, 0.4) is 0 Å². The molecule has 3 heteroatoms. The standard InChI is InChI=1S/C15H16O3/c1-15(2)7-10(16)13-12(8-15)18-11-6-4-3-5-9(11)14(13)17/h3-6,12,17H,7-8H2,1-2H3. The van der Waals surface area contributed by atoms with Crippen molar-refractivity contribution in [1.29, 1.82) is 0 Å². The van der Waals surface area contributed by atoms with Gasteiger partial charge < -0.3 is 9.84 Å². The lowest BCUT2D eigenvalue weighted by atomic mass is 9.72. The fourth-order valence-corrected chi connectivity index (χ4v) is 2.83. The summed E-state index contributed by atoms with van der Waals surface area (Å²) in [5.74, 6) is 0.764. The molecule has 1 fully saturated rings. The largest absolute Gasteiger partial charge is 0.507 e. The minimum Gasteiger partial charge on any atom is -0.507 e. The number of hydrogen-bond donors (Lipinski definition) is 1. The maximum Gasteiger partial charge on any atom is 0.166 e. The quantitative estimate of drug-likeness (QED) is 0.762. The molecule has 3 rings (SSSR count). The number of ketones is 1. The van der Waals surface area contributed by atoms with E-state index in [0.29, 0.717) is 23.3 Å². The third-order valence-corrected chi connectivity index (χ3v) is 3.67. The summed E-state index contributed by atoms with van der Waals surface area (Å²) in [5.41, 5.74) is 1.00. The number of aliphatic hydroxyl groups is 1. The highest BCUT2D eigenvalue weighted by molar-refractivity contribution is 6.04. The number of fused-ring (bicyclic) bond motifs is 2. The fourth-order valence-electron chi connectivity index (χ4n) is 2.83. The number of aliphatic hydroxyl groups excluding tert-OH is 1. The molecule has 0 spiro atoms. The second-order valence-corrected chi connectivity index (χ2v) is 5.83. The molecule has 0 bridgehead atoms. The lowest BCUT2D eigenvalue weighted by Gasteiger charge is -2.38. The van der Waals surface area contributed by atoms with Gasteiger partial charge in [-0.05, 0) is 24.0 Å². The Labute approximate surface area is 106 Å². The summed E-state index contributed by atoms with van der Waals surface area (Å²) in [6.45, 7) is 4.12. The Bertz CT molecular complexity index is 555. The summed E-state index contributed by atoms with van der Waals surface area (Å²) in [6.07, 6.45) is 0.914. The van der Waals surface area contributed by atoms with Crippen molar-refractivity contribution in [3.63, 3.8) is 0 Å². The van der Waals surface area contributed by atoms with Crippen molar-refractivity contribution < 1.29 is 14.6 Å². The van der Waals surface area contributed by atoms with E-state index in [4.69, 9.17) is 4.74 Å². The van der Waals surface area contributed by atoms with Gasteiger partial charge in [-0.2, -0.15) is 0 Å². The van der Waals surface area contributed by atoms with E-state index in [9.17, 15) is 9.90 Å². The van der Waals surface area contributed by atoms with Crippen molar-refractivity contribution in [3.05, 3.63) is 35.4 Å². The normalized spacial score (nSPS) is 25.2. The molecule has 1 saturated carbocycles. The first kappa shape index (κ1) is 11.3. The Hall–Kier alpha value is -1.77. The number of benzene rings is 1. The molecule has 1 heterocycles. The van der Waals surface area contributed by atoms with Crippen LogP contribution in [0.15, 0.2) is 29.8 Å². The van der Waals surface area contributed by atoms with Gasteiger partial charge in [-0.1, -0.05) is 26.0 Å². The van der Waals surface area contributed by atoms with E-state index in [1.807, 2.05) is 18.2 Å². The highest BCUT2D eigenvalue weighted by Gasteiger charge is 2.42. The minimum atomic E-state index is -0.309. The molecule has 18 heavy (non-hydrogen) atoms. The summed E-state index contributed by atoms with van der Waals surface area (Å²) >= 11 is 0. The summed E-state index contributed by atoms with van der Waals surface area (Å²) in [7, 11) is 0. The average molecular weight is 244 g/mol. The maximum absolute atomic E-state index is 12.2. The number of Topliss-reactive ketones (excluding diaryl/α,β-unsaturated/α-hetero) is 1. The smallest absolute Gasteiger partial charge is 0.166 e. The van der Waals surface area contributed by atoms with Crippen molar-refractivity contribution in [3.8, 4) is 5.75 Å². The lowest BCUT2D eigenvalue weighted by molar-refractivity contribution is -0.120. The number of rotatable bonds is 0. The van der Waals surface area contributed by atoms with Gasteiger partial charge in [0, 0.05) is 6.42 Å². The molecule has 1 aliphatic heterocycles. The molecule has 1 aromatic rings. The van der Waals surface area contributed by atoms with Crippen LogP contribution in [0.5, 0.6) is 5.75 Å². The van der Waals surface area contributed by atoms with E-state index in [-0.39, 0.29) is 23.1 Å². The zero-order chi connectivity index (χ0) is 12.9. The maximum atomic E-state index is 12.2. The van der Waals surface area contributed by atoms with Crippen molar-refractivity contribution in [2.75, 3.05) is 0 Å². The van der Waals surface area contributed by atoms with Crippen molar-refractivity contribution in [2.24, 2.45) is 5.41 Å². The van der Waals surface area contributed by atoms with Gasteiger partial charge in [-0.15, -0.1) is 0 Å². The molecule has 0 aromatic heterocycles. The number of carbonyl (C=O) groups is 1. The van der Waals surface area contributed by atoms with Crippen LogP contribution in [-0.4, -0.2) is 17.0 Å². The number of carbonyl (C=O) groups excluding carboxylic acids is 1. The molecular formula is C15H16O3. The summed E-state index contributed by atoms with van der Waals surface area (Å²) < 4.78 is 5.87. The molecule has 1 N–H and O–H groups in total. The first-order valence-corrected chi connectivity index (χ1v) is 6.20.